The Morgan fingerprint density at radius 2 is 0.960 bits per heavy atom. The average molecular weight is 713 g/mol. The number of ether oxygens (including phenoxy) is 2. The summed E-state index contributed by atoms with van der Waals surface area (Å²) in [5.74, 6) is -4.51. The topological polar surface area (TPSA) is 209 Å². The number of aliphatic hydroxyl groups excluding tert-OH is 2. The number of hydrogen-bond acceptors (Lipinski definition) is 10. The zero-order valence-electron chi connectivity index (χ0n) is 31.1. The molecule has 0 bridgehead atoms. The third-order valence-electron chi connectivity index (χ3n) is 8.44. The molecular weight excluding hydrogens is 648 g/mol. The normalized spacial score (nSPS) is 25.3. The lowest BCUT2D eigenvalue weighted by Crippen LogP contribution is -2.55. The molecule has 0 aliphatic carbocycles. The maximum Gasteiger partial charge on any atom is 0.331 e. The van der Waals surface area contributed by atoms with Crippen molar-refractivity contribution >= 4 is 35.6 Å². The Balaban J connectivity index is 3.51. The molecule has 50 heavy (non-hydrogen) atoms. The van der Waals surface area contributed by atoms with Crippen LogP contribution in [0.3, 0.4) is 0 Å². The van der Waals surface area contributed by atoms with Gasteiger partial charge in [-0.3, -0.25) is 19.2 Å². The number of esters is 2. The predicted molar refractivity (Wildman–Crippen MR) is 187 cm³/mol. The zero-order valence-corrected chi connectivity index (χ0v) is 31.1. The fourth-order valence-corrected chi connectivity index (χ4v) is 5.72. The molecule has 0 aromatic carbocycles. The van der Waals surface area contributed by atoms with Gasteiger partial charge in [-0.15, -0.1) is 0 Å². The van der Waals surface area contributed by atoms with E-state index in [-0.39, 0.29) is 37.5 Å². The van der Waals surface area contributed by atoms with E-state index in [1.54, 1.807) is 0 Å². The average Bonchev–Trinajstić information content (AvgIpc) is 3.04. The molecule has 0 aromatic heterocycles. The molecule has 6 N–H and O–H groups in total. The summed E-state index contributed by atoms with van der Waals surface area (Å²) in [7, 11) is 0. The molecule has 1 rings (SSSR count). The molecule has 1 fully saturated rings. The molecule has 0 spiro atoms. The Kier molecular flexibility index (Phi) is 22.2. The van der Waals surface area contributed by atoms with Crippen LogP contribution in [0.1, 0.15) is 131 Å². The van der Waals surface area contributed by atoms with Gasteiger partial charge in [0.25, 0.3) is 0 Å². The Hall–Kier alpha value is -3.26. The lowest BCUT2D eigenvalue weighted by atomic mass is 10.0. The highest BCUT2D eigenvalue weighted by Crippen LogP contribution is 2.17. The van der Waals surface area contributed by atoms with Crippen molar-refractivity contribution in [2.75, 3.05) is 13.2 Å². The SMILES string of the molecule is CCCCCCC[C@H]1CC(=O)N[C@@H](CC(C)C)C(=O)N[C@@H](CO)C(=O)O[C@@H](CCCCC)CC(=O)N[C@@H](CO)C(=O)N[C@@H](CC(C)C)C(=O)O1. The lowest BCUT2D eigenvalue weighted by molar-refractivity contribution is -0.156. The standard InChI is InChI=1S/C36H64N4O10/c1-7-9-11-12-14-16-26-19-31(43)37-27(17-23(3)4)33(45)40-30(22-42)36(48)50-25(15-13-10-8-2)20-32(44)38-29(21-41)34(46)39-28(18-24(5)6)35(47)49-26/h23-30,41-42H,7-22H2,1-6H3,(H,37,43)(H,38,44)(H,39,46)(H,40,45)/t25-,26-,27-,28-,29-,30-/m0/s1. The van der Waals surface area contributed by atoms with Gasteiger partial charge in [0.1, 0.15) is 30.3 Å². The van der Waals surface area contributed by atoms with Crippen LogP contribution in [0.15, 0.2) is 0 Å². The quantitative estimate of drug-likeness (QED) is 0.102. The van der Waals surface area contributed by atoms with Gasteiger partial charge in [-0.25, -0.2) is 9.59 Å². The van der Waals surface area contributed by atoms with E-state index >= 15 is 0 Å². The number of cyclic esters (lactones) is 2. The van der Waals surface area contributed by atoms with Crippen LogP contribution in [0.25, 0.3) is 0 Å². The summed E-state index contributed by atoms with van der Waals surface area (Å²) in [6.45, 7) is 9.98. The number of nitrogens with one attached hydrogen (secondary N) is 4. The Morgan fingerprint density at radius 3 is 1.46 bits per heavy atom. The van der Waals surface area contributed by atoms with E-state index < -0.39 is 85.2 Å². The van der Waals surface area contributed by atoms with E-state index in [1.807, 2.05) is 34.6 Å². The highest BCUT2D eigenvalue weighted by molar-refractivity contribution is 5.92. The molecule has 288 valence electrons. The fraction of sp³-hybridized carbons (Fsp3) is 0.833. The summed E-state index contributed by atoms with van der Waals surface area (Å²) < 4.78 is 11.5. The van der Waals surface area contributed by atoms with E-state index in [9.17, 15) is 39.0 Å². The molecule has 6 atom stereocenters. The first kappa shape index (κ1) is 44.8. The van der Waals surface area contributed by atoms with Crippen LogP contribution in [0, 0.1) is 11.8 Å². The van der Waals surface area contributed by atoms with E-state index in [4.69, 9.17) is 9.47 Å². The molecular formula is C36H64N4O10. The summed E-state index contributed by atoms with van der Waals surface area (Å²) in [4.78, 5) is 79.9. The number of aliphatic hydroxyl groups is 2. The van der Waals surface area contributed by atoms with Gasteiger partial charge in [-0.1, -0.05) is 80.1 Å². The van der Waals surface area contributed by atoms with Crippen LogP contribution < -0.4 is 21.3 Å². The summed E-state index contributed by atoms with van der Waals surface area (Å²) in [5.41, 5.74) is 0. The summed E-state index contributed by atoms with van der Waals surface area (Å²) in [6.07, 6.45) is 5.56. The van der Waals surface area contributed by atoms with Crippen molar-refractivity contribution in [3.05, 3.63) is 0 Å². The van der Waals surface area contributed by atoms with Crippen molar-refractivity contribution in [3.63, 3.8) is 0 Å². The van der Waals surface area contributed by atoms with Crippen LogP contribution >= 0.6 is 0 Å². The molecule has 1 heterocycles. The molecule has 1 aliphatic heterocycles. The second-order valence-electron chi connectivity index (χ2n) is 14.2. The van der Waals surface area contributed by atoms with Gasteiger partial charge >= 0.3 is 11.9 Å². The number of amides is 4. The maximum atomic E-state index is 13.6. The van der Waals surface area contributed by atoms with Crippen LogP contribution in [-0.2, 0) is 38.2 Å². The van der Waals surface area contributed by atoms with Crippen molar-refractivity contribution in [1.29, 1.82) is 0 Å². The van der Waals surface area contributed by atoms with Crippen molar-refractivity contribution in [1.82, 2.24) is 21.3 Å². The van der Waals surface area contributed by atoms with Crippen LogP contribution in [0.2, 0.25) is 0 Å². The van der Waals surface area contributed by atoms with Gasteiger partial charge < -0.3 is 41.0 Å². The predicted octanol–water partition coefficient (Wildman–Crippen LogP) is 2.56. The van der Waals surface area contributed by atoms with Gasteiger partial charge in [0.05, 0.1) is 26.1 Å². The molecule has 14 heteroatoms. The second-order valence-corrected chi connectivity index (χ2v) is 14.2. The zero-order chi connectivity index (χ0) is 37.6. The number of hydrogen-bond donors (Lipinski definition) is 6. The number of carbonyl (C=O) groups excluding carboxylic acids is 6. The Bertz CT molecular complexity index is 1070. The molecule has 0 unspecified atom stereocenters. The Morgan fingerprint density at radius 1 is 0.560 bits per heavy atom. The molecule has 4 amide bonds. The van der Waals surface area contributed by atoms with Gasteiger partial charge in [-0.2, -0.15) is 0 Å². The molecule has 0 saturated carbocycles. The highest BCUT2D eigenvalue weighted by atomic mass is 16.6. The van der Waals surface area contributed by atoms with Crippen molar-refractivity contribution < 1.29 is 48.5 Å². The van der Waals surface area contributed by atoms with Crippen LogP contribution in [-0.4, -0.2) is 95.4 Å². The van der Waals surface area contributed by atoms with Crippen molar-refractivity contribution in [2.45, 2.75) is 168 Å². The summed E-state index contributed by atoms with van der Waals surface area (Å²) in [6, 6.07) is -5.07. The highest BCUT2D eigenvalue weighted by Gasteiger charge is 2.33. The van der Waals surface area contributed by atoms with Gasteiger partial charge in [0.15, 0.2) is 6.04 Å². The first-order chi connectivity index (χ1) is 23.7. The number of rotatable bonds is 16. The van der Waals surface area contributed by atoms with E-state index in [0.717, 1.165) is 38.5 Å². The Labute approximate surface area is 297 Å². The first-order valence-electron chi connectivity index (χ1n) is 18.6. The monoisotopic (exact) mass is 712 g/mol. The van der Waals surface area contributed by atoms with Gasteiger partial charge in [0, 0.05) is 0 Å². The van der Waals surface area contributed by atoms with E-state index in [2.05, 4.69) is 28.2 Å². The minimum atomic E-state index is -1.47. The number of unbranched alkanes of at least 4 members (excludes halogenated alkanes) is 6. The fourth-order valence-electron chi connectivity index (χ4n) is 5.72. The largest absolute Gasteiger partial charge is 0.460 e. The maximum absolute atomic E-state index is 13.6. The summed E-state index contributed by atoms with van der Waals surface area (Å²) >= 11 is 0. The number of carbonyl (C=O) groups is 6. The molecule has 0 radical (unpaired) electrons. The van der Waals surface area contributed by atoms with Crippen LogP contribution in [0.4, 0.5) is 0 Å². The minimum absolute atomic E-state index is 0.0343. The molecule has 0 aromatic rings. The van der Waals surface area contributed by atoms with Crippen LogP contribution in [0.5, 0.6) is 0 Å². The van der Waals surface area contributed by atoms with Gasteiger partial charge in [0.2, 0.25) is 23.6 Å². The molecule has 14 nitrogen and oxygen atoms in total. The third-order valence-corrected chi connectivity index (χ3v) is 8.44. The lowest BCUT2D eigenvalue weighted by Gasteiger charge is -2.27. The third kappa shape index (κ3) is 18.1. The molecule has 1 aliphatic rings. The van der Waals surface area contributed by atoms with Crippen molar-refractivity contribution in [2.24, 2.45) is 11.8 Å². The van der Waals surface area contributed by atoms with Gasteiger partial charge in [-0.05, 0) is 50.4 Å². The van der Waals surface area contributed by atoms with E-state index in [0.29, 0.717) is 25.7 Å². The first-order valence-corrected chi connectivity index (χ1v) is 18.6. The minimum Gasteiger partial charge on any atom is -0.460 e. The van der Waals surface area contributed by atoms with E-state index in [1.165, 1.54) is 0 Å². The summed E-state index contributed by atoms with van der Waals surface area (Å²) in [5, 5.41) is 30.3. The molecule has 1 saturated heterocycles. The second kappa shape index (κ2) is 24.8. The van der Waals surface area contributed by atoms with Crippen molar-refractivity contribution in [3.8, 4) is 0 Å². The smallest absolute Gasteiger partial charge is 0.331 e.